The summed E-state index contributed by atoms with van der Waals surface area (Å²) in [7, 11) is -3.47. The minimum Gasteiger partial charge on any atom is -0.387 e. The van der Waals surface area contributed by atoms with E-state index in [0.29, 0.717) is 30.6 Å². The molecule has 76 valence electrons. The summed E-state index contributed by atoms with van der Waals surface area (Å²) < 4.78 is 34.2. The molecule has 1 aliphatic carbocycles. The van der Waals surface area contributed by atoms with Crippen LogP contribution in [0.5, 0.6) is 0 Å². The Morgan fingerprint density at radius 1 is 1.62 bits per heavy atom. The van der Waals surface area contributed by atoms with Crippen LogP contribution in [0.15, 0.2) is 11.8 Å². The molecule has 1 aliphatic rings. The second-order valence-corrected chi connectivity index (χ2v) is 5.14. The Labute approximate surface area is 81.3 Å². The average Bonchev–Trinajstić information content (AvgIpc) is 2.17. The van der Waals surface area contributed by atoms with E-state index in [4.69, 9.17) is 5.55 Å². The molecule has 0 spiro atoms. The van der Waals surface area contributed by atoms with Crippen molar-refractivity contribution in [2.75, 3.05) is 6.26 Å². The molecule has 4 heteroatoms. The van der Waals surface area contributed by atoms with E-state index in [0.717, 1.165) is 19.1 Å². The van der Waals surface area contributed by atoms with Gasteiger partial charge in [-0.15, -0.1) is 0 Å². The van der Waals surface area contributed by atoms with Crippen molar-refractivity contribution in [2.45, 2.75) is 32.6 Å². The fourth-order valence-corrected chi connectivity index (χ4v) is 1.83. The minimum atomic E-state index is -3.47. The molecular formula is C9H16O3S. The van der Waals surface area contributed by atoms with Gasteiger partial charge in [0.15, 0.2) is 0 Å². The van der Waals surface area contributed by atoms with Gasteiger partial charge in [-0.1, -0.05) is 6.92 Å². The number of allylic oxidation sites excluding steroid dienone is 2. The van der Waals surface area contributed by atoms with E-state index >= 15 is 0 Å². The molecule has 0 radical (unpaired) electrons. The topological polar surface area (TPSA) is 43.4 Å². The molecule has 0 heterocycles. The molecule has 0 fully saturated rings. The zero-order valence-corrected chi connectivity index (χ0v) is 8.86. The Morgan fingerprint density at radius 2 is 2.31 bits per heavy atom. The smallest absolute Gasteiger partial charge is 0.305 e. The van der Waals surface area contributed by atoms with Gasteiger partial charge < -0.3 is 4.18 Å². The van der Waals surface area contributed by atoms with Gasteiger partial charge in [-0.05, 0) is 31.2 Å². The number of rotatable bonds is 2. The molecule has 0 bridgehead atoms. The molecule has 13 heavy (non-hydrogen) atoms. The molecular weight excluding hydrogens is 188 g/mol. The first-order valence-corrected chi connectivity index (χ1v) is 6.28. The third-order valence-electron chi connectivity index (χ3n) is 2.08. The first-order valence-electron chi connectivity index (χ1n) is 4.96. The zero-order valence-electron chi connectivity index (χ0n) is 9.04. The fraction of sp³-hybridized carbons (Fsp3) is 0.778. The highest BCUT2D eigenvalue weighted by Gasteiger charge is 2.12. The Hall–Kier alpha value is -0.510. The SMILES string of the molecule is [2H]C1=C(OS(C)(=O)=O)CCC(C)CC1. The largest absolute Gasteiger partial charge is 0.387 e. The van der Waals surface area contributed by atoms with Crippen molar-refractivity contribution >= 4 is 10.1 Å². The Morgan fingerprint density at radius 3 is 2.92 bits per heavy atom. The summed E-state index contributed by atoms with van der Waals surface area (Å²) in [6, 6.07) is 0.333. The van der Waals surface area contributed by atoms with Gasteiger partial charge in [0.25, 0.3) is 0 Å². The van der Waals surface area contributed by atoms with Crippen LogP contribution >= 0.6 is 0 Å². The van der Waals surface area contributed by atoms with Gasteiger partial charge in [-0.25, -0.2) is 0 Å². The maximum Gasteiger partial charge on any atom is 0.305 e. The summed E-state index contributed by atoms with van der Waals surface area (Å²) in [6.07, 6.45) is 4.03. The summed E-state index contributed by atoms with van der Waals surface area (Å²) in [6.45, 7) is 2.11. The highest BCUT2D eigenvalue weighted by Crippen LogP contribution is 2.23. The van der Waals surface area contributed by atoms with E-state index in [1.807, 2.05) is 0 Å². The molecule has 0 N–H and O–H groups in total. The number of hydrogen-bond acceptors (Lipinski definition) is 3. The Balaban J connectivity index is 2.75. The maximum absolute atomic E-state index is 10.9. The summed E-state index contributed by atoms with van der Waals surface area (Å²) in [5, 5.41) is 0. The van der Waals surface area contributed by atoms with Gasteiger partial charge in [0.2, 0.25) is 0 Å². The molecule has 3 nitrogen and oxygen atoms in total. The molecule has 1 rings (SSSR count). The highest BCUT2D eigenvalue weighted by molar-refractivity contribution is 7.86. The summed E-state index contributed by atoms with van der Waals surface area (Å²) in [5.41, 5.74) is 0. The van der Waals surface area contributed by atoms with Crippen LogP contribution in [-0.2, 0) is 14.3 Å². The normalized spacial score (nSPS) is 26.6. The van der Waals surface area contributed by atoms with Gasteiger partial charge in [0, 0.05) is 6.42 Å². The van der Waals surface area contributed by atoms with Crippen molar-refractivity contribution in [1.29, 1.82) is 0 Å². The second kappa shape index (κ2) is 4.13. The molecule has 0 saturated carbocycles. The van der Waals surface area contributed by atoms with Crippen LogP contribution in [0.1, 0.15) is 34.0 Å². The molecule has 1 unspecified atom stereocenters. The Kier molecular flexibility index (Phi) is 2.88. The van der Waals surface area contributed by atoms with Crippen molar-refractivity contribution in [3.63, 3.8) is 0 Å². The molecule has 0 aliphatic heterocycles. The van der Waals surface area contributed by atoms with E-state index in [-0.39, 0.29) is 0 Å². The molecule has 1 atom stereocenters. The lowest BCUT2D eigenvalue weighted by Gasteiger charge is -2.07. The third kappa shape index (κ3) is 4.31. The van der Waals surface area contributed by atoms with Crippen molar-refractivity contribution < 1.29 is 14.0 Å². The van der Waals surface area contributed by atoms with Crippen molar-refractivity contribution in [1.82, 2.24) is 0 Å². The summed E-state index contributed by atoms with van der Waals surface area (Å²) in [5.74, 6) is 0.868. The number of hydrogen-bond donors (Lipinski definition) is 0. The first-order chi connectivity index (χ1) is 6.38. The molecule has 0 aromatic carbocycles. The van der Waals surface area contributed by atoms with Crippen LogP contribution < -0.4 is 0 Å². The molecule has 0 aromatic rings. The van der Waals surface area contributed by atoms with Crippen LogP contribution in [0, 0.1) is 5.92 Å². The molecule has 0 saturated heterocycles. The predicted octanol–water partition coefficient (Wildman–Crippen LogP) is 2.06. The van der Waals surface area contributed by atoms with Crippen LogP contribution in [0.3, 0.4) is 0 Å². The van der Waals surface area contributed by atoms with Gasteiger partial charge >= 0.3 is 10.1 Å². The third-order valence-corrected chi connectivity index (χ3v) is 2.58. The second-order valence-electron chi connectivity index (χ2n) is 3.57. The van der Waals surface area contributed by atoms with Crippen LogP contribution in [0.25, 0.3) is 0 Å². The van der Waals surface area contributed by atoms with E-state index in [1.165, 1.54) is 0 Å². The molecule has 0 amide bonds. The standard InChI is InChI=1S/C9H16O3S/c1-8-4-3-5-9(7-6-8)12-13(2,10)11/h5,8H,3-4,6-7H2,1-2H3/i5D. The monoisotopic (exact) mass is 205 g/mol. The van der Waals surface area contributed by atoms with E-state index < -0.39 is 10.1 Å². The minimum absolute atomic E-state index is 0.330. The first kappa shape index (κ1) is 9.06. The van der Waals surface area contributed by atoms with Crippen LogP contribution in [-0.4, -0.2) is 14.7 Å². The predicted molar refractivity (Wildman–Crippen MR) is 51.6 cm³/mol. The van der Waals surface area contributed by atoms with Gasteiger partial charge in [0.1, 0.15) is 5.76 Å². The van der Waals surface area contributed by atoms with Crippen LogP contribution in [0.2, 0.25) is 0 Å². The average molecular weight is 205 g/mol. The van der Waals surface area contributed by atoms with E-state index in [2.05, 4.69) is 6.92 Å². The lowest BCUT2D eigenvalue weighted by atomic mass is 10.0. The Bertz CT molecular complexity index is 332. The van der Waals surface area contributed by atoms with Gasteiger partial charge in [-0.2, -0.15) is 8.42 Å². The van der Waals surface area contributed by atoms with Crippen molar-refractivity contribution in [3.05, 3.63) is 11.8 Å². The summed E-state index contributed by atoms with van der Waals surface area (Å²) >= 11 is 0. The van der Waals surface area contributed by atoms with E-state index in [9.17, 15) is 8.42 Å². The van der Waals surface area contributed by atoms with Gasteiger partial charge in [0.05, 0.1) is 7.63 Å². The van der Waals surface area contributed by atoms with Crippen LogP contribution in [0.4, 0.5) is 0 Å². The van der Waals surface area contributed by atoms with Crippen molar-refractivity contribution in [3.8, 4) is 0 Å². The zero-order chi connectivity index (χ0) is 10.8. The summed E-state index contributed by atoms with van der Waals surface area (Å²) in [4.78, 5) is 0. The lowest BCUT2D eigenvalue weighted by molar-refractivity contribution is 0.384. The van der Waals surface area contributed by atoms with E-state index in [1.54, 1.807) is 0 Å². The lowest BCUT2D eigenvalue weighted by Crippen LogP contribution is -2.02. The molecule has 0 aromatic heterocycles. The highest BCUT2D eigenvalue weighted by atomic mass is 32.2. The van der Waals surface area contributed by atoms with Crippen molar-refractivity contribution in [2.24, 2.45) is 5.92 Å². The maximum atomic E-state index is 10.9. The fourth-order valence-electron chi connectivity index (χ4n) is 1.32. The van der Waals surface area contributed by atoms with Gasteiger partial charge in [-0.3, -0.25) is 0 Å². The quantitative estimate of drug-likeness (QED) is 0.648.